The van der Waals surface area contributed by atoms with Gasteiger partial charge in [0.2, 0.25) is 0 Å². The zero-order valence-electron chi connectivity index (χ0n) is 11.6. The zero-order valence-corrected chi connectivity index (χ0v) is 12.4. The van der Waals surface area contributed by atoms with Gasteiger partial charge in [0.1, 0.15) is 0 Å². The summed E-state index contributed by atoms with van der Waals surface area (Å²) in [6, 6.07) is 1.97. The lowest BCUT2D eigenvalue weighted by Gasteiger charge is -2.18. The van der Waals surface area contributed by atoms with Crippen LogP contribution in [0.5, 0.6) is 11.5 Å². The Balaban J connectivity index is 2.70. The van der Waals surface area contributed by atoms with E-state index in [4.69, 9.17) is 25.8 Å². The van der Waals surface area contributed by atoms with Gasteiger partial charge in [-0.1, -0.05) is 0 Å². The summed E-state index contributed by atoms with van der Waals surface area (Å²) >= 11 is 5.76. The summed E-state index contributed by atoms with van der Waals surface area (Å²) < 4.78 is 15.7. The van der Waals surface area contributed by atoms with Crippen molar-refractivity contribution in [3.05, 3.63) is 18.0 Å². The smallest absolute Gasteiger partial charge is 0.183 e. The molecule has 0 aromatic carbocycles. The highest BCUT2D eigenvalue weighted by molar-refractivity contribution is 6.17. The number of nitrogens with one attached hydrogen (secondary N) is 1. The molecular formula is C13H21ClN2O3. The molecule has 0 aliphatic rings. The van der Waals surface area contributed by atoms with Gasteiger partial charge in [0.15, 0.2) is 11.5 Å². The number of aromatic nitrogens is 1. The summed E-state index contributed by atoms with van der Waals surface area (Å²) in [5.74, 6) is 1.92. The summed E-state index contributed by atoms with van der Waals surface area (Å²) in [5, 5.41) is 3.36. The minimum absolute atomic E-state index is 0.195. The molecule has 1 N–H and O–H groups in total. The first-order valence-electron chi connectivity index (χ1n) is 6.11. The van der Waals surface area contributed by atoms with E-state index in [0.717, 1.165) is 12.1 Å². The molecule has 108 valence electrons. The molecule has 0 saturated carbocycles. The second-order valence-electron chi connectivity index (χ2n) is 4.00. The first-order chi connectivity index (χ1) is 9.26. The average molecular weight is 289 g/mol. The third-order valence-corrected chi connectivity index (χ3v) is 2.97. The number of alkyl halides is 1. The standard InChI is InChI=1S/C13H21ClN2O3/c1-17-9-10(4-6-14)16-8-11-13(19-3)12(18-2)5-7-15-11/h5,7,10,16H,4,6,8-9H2,1-3H3. The van der Waals surface area contributed by atoms with Gasteiger partial charge < -0.3 is 19.5 Å². The predicted molar refractivity (Wildman–Crippen MR) is 75.2 cm³/mol. The van der Waals surface area contributed by atoms with E-state index >= 15 is 0 Å². The number of pyridine rings is 1. The Bertz CT molecular complexity index is 371. The largest absolute Gasteiger partial charge is 0.493 e. The summed E-state index contributed by atoms with van der Waals surface area (Å²) in [6.07, 6.45) is 2.53. The summed E-state index contributed by atoms with van der Waals surface area (Å²) in [6.45, 7) is 1.18. The molecule has 1 heterocycles. The normalized spacial score (nSPS) is 12.2. The van der Waals surface area contributed by atoms with Gasteiger partial charge >= 0.3 is 0 Å². The Morgan fingerprint density at radius 3 is 2.68 bits per heavy atom. The van der Waals surface area contributed by atoms with Gasteiger partial charge in [0, 0.05) is 37.8 Å². The Kier molecular flexibility index (Phi) is 7.55. The van der Waals surface area contributed by atoms with Crippen LogP contribution in [0.25, 0.3) is 0 Å². The van der Waals surface area contributed by atoms with Gasteiger partial charge in [-0.15, -0.1) is 11.6 Å². The molecule has 0 aliphatic heterocycles. The van der Waals surface area contributed by atoms with E-state index in [1.54, 1.807) is 33.6 Å². The summed E-state index contributed by atoms with van der Waals surface area (Å²) in [7, 11) is 4.89. The number of methoxy groups -OCH3 is 3. The molecule has 0 fully saturated rings. The van der Waals surface area contributed by atoms with Crippen LogP contribution in [0.1, 0.15) is 12.1 Å². The Labute approximate surface area is 119 Å². The topological polar surface area (TPSA) is 52.6 Å². The quantitative estimate of drug-likeness (QED) is 0.703. The lowest BCUT2D eigenvalue weighted by Crippen LogP contribution is -2.33. The number of hydrogen-bond donors (Lipinski definition) is 1. The molecular weight excluding hydrogens is 268 g/mol. The fourth-order valence-corrected chi connectivity index (χ4v) is 2.06. The van der Waals surface area contributed by atoms with E-state index in [2.05, 4.69) is 10.3 Å². The zero-order chi connectivity index (χ0) is 14.1. The molecule has 0 radical (unpaired) electrons. The van der Waals surface area contributed by atoms with Gasteiger partial charge in [-0.3, -0.25) is 4.98 Å². The maximum atomic E-state index is 5.76. The molecule has 1 rings (SSSR count). The SMILES string of the molecule is COCC(CCCl)NCc1nccc(OC)c1OC. The van der Waals surface area contributed by atoms with Crippen molar-refractivity contribution in [1.29, 1.82) is 0 Å². The van der Waals surface area contributed by atoms with E-state index in [1.165, 1.54) is 0 Å². The van der Waals surface area contributed by atoms with Crippen LogP contribution in [-0.2, 0) is 11.3 Å². The highest BCUT2D eigenvalue weighted by Crippen LogP contribution is 2.28. The van der Waals surface area contributed by atoms with Crippen LogP contribution in [0, 0.1) is 0 Å². The van der Waals surface area contributed by atoms with Crippen LogP contribution in [0.2, 0.25) is 0 Å². The van der Waals surface area contributed by atoms with Gasteiger partial charge in [-0.25, -0.2) is 0 Å². The van der Waals surface area contributed by atoms with Crippen LogP contribution < -0.4 is 14.8 Å². The maximum absolute atomic E-state index is 5.76. The molecule has 0 spiro atoms. The molecule has 5 nitrogen and oxygen atoms in total. The molecule has 1 atom stereocenters. The Hall–Kier alpha value is -1.04. The van der Waals surface area contributed by atoms with Crippen LogP contribution in [0.3, 0.4) is 0 Å². The van der Waals surface area contributed by atoms with E-state index in [-0.39, 0.29) is 6.04 Å². The number of halogens is 1. The summed E-state index contributed by atoms with van der Waals surface area (Å²) in [4.78, 5) is 4.31. The Morgan fingerprint density at radius 1 is 1.32 bits per heavy atom. The van der Waals surface area contributed by atoms with Crippen LogP contribution >= 0.6 is 11.6 Å². The van der Waals surface area contributed by atoms with Crippen molar-refractivity contribution in [2.24, 2.45) is 0 Å². The fraction of sp³-hybridized carbons (Fsp3) is 0.615. The van der Waals surface area contributed by atoms with Crippen molar-refractivity contribution >= 4 is 11.6 Å². The average Bonchev–Trinajstić information content (AvgIpc) is 2.44. The number of ether oxygens (including phenoxy) is 3. The predicted octanol–water partition coefficient (Wildman–Crippen LogP) is 1.83. The van der Waals surface area contributed by atoms with Gasteiger partial charge in [0.05, 0.1) is 26.5 Å². The third-order valence-electron chi connectivity index (χ3n) is 2.75. The van der Waals surface area contributed by atoms with Crippen LogP contribution in [0.15, 0.2) is 12.3 Å². The molecule has 19 heavy (non-hydrogen) atoms. The van der Waals surface area contributed by atoms with Crippen LogP contribution in [-0.4, -0.2) is 44.8 Å². The number of rotatable bonds is 9. The number of nitrogens with zero attached hydrogens (tertiary/aromatic N) is 1. The van der Waals surface area contributed by atoms with Gasteiger partial charge in [-0.05, 0) is 6.42 Å². The van der Waals surface area contributed by atoms with Crippen molar-refractivity contribution in [1.82, 2.24) is 10.3 Å². The lowest BCUT2D eigenvalue weighted by molar-refractivity contribution is 0.163. The van der Waals surface area contributed by atoms with Crippen molar-refractivity contribution in [2.45, 2.75) is 19.0 Å². The highest BCUT2D eigenvalue weighted by atomic mass is 35.5. The molecule has 0 bridgehead atoms. The lowest BCUT2D eigenvalue weighted by atomic mass is 10.2. The molecule has 1 unspecified atom stereocenters. The molecule has 6 heteroatoms. The van der Waals surface area contributed by atoms with Crippen molar-refractivity contribution in [3.8, 4) is 11.5 Å². The molecule has 1 aromatic heterocycles. The number of hydrogen-bond acceptors (Lipinski definition) is 5. The van der Waals surface area contributed by atoms with Crippen molar-refractivity contribution < 1.29 is 14.2 Å². The second kappa shape index (κ2) is 8.96. The first-order valence-corrected chi connectivity index (χ1v) is 6.64. The Morgan fingerprint density at radius 2 is 2.11 bits per heavy atom. The van der Waals surface area contributed by atoms with Crippen molar-refractivity contribution in [3.63, 3.8) is 0 Å². The summed E-state index contributed by atoms with van der Waals surface area (Å²) in [5.41, 5.74) is 0.803. The minimum atomic E-state index is 0.195. The van der Waals surface area contributed by atoms with Crippen LogP contribution in [0.4, 0.5) is 0 Å². The van der Waals surface area contributed by atoms with E-state index in [1.807, 2.05) is 0 Å². The molecule has 0 saturated heterocycles. The van der Waals surface area contributed by atoms with E-state index in [0.29, 0.717) is 30.5 Å². The van der Waals surface area contributed by atoms with Gasteiger partial charge in [0.25, 0.3) is 0 Å². The van der Waals surface area contributed by atoms with E-state index < -0.39 is 0 Å². The monoisotopic (exact) mass is 288 g/mol. The molecule has 1 aromatic rings. The first kappa shape index (κ1) is 16.0. The van der Waals surface area contributed by atoms with Crippen molar-refractivity contribution in [2.75, 3.05) is 33.8 Å². The third kappa shape index (κ3) is 4.86. The highest BCUT2D eigenvalue weighted by Gasteiger charge is 2.13. The van der Waals surface area contributed by atoms with Gasteiger partial charge in [-0.2, -0.15) is 0 Å². The maximum Gasteiger partial charge on any atom is 0.183 e. The van der Waals surface area contributed by atoms with E-state index in [9.17, 15) is 0 Å². The molecule has 0 amide bonds. The fourth-order valence-electron chi connectivity index (χ4n) is 1.79. The minimum Gasteiger partial charge on any atom is -0.493 e. The second-order valence-corrected chi connectivity index (χ2v) is 4.38. The molecule has 0 aliphatic carbocycles.